The number of carbonyl (C=O) groups is 2. The number of esters is 1. The second kappa shape index (κ2) is 8.28. The summed E-state index contributed by atoms with van der Waals surface area (Å²) >= 11 is 0. The number of rotatable bonds is 5. The molecule has 10 nitrogen and oxygen atoms in total. The van der Waals surface area contributed by atoms with Gasteiger partial charge in [0.15, 0.2) is 5.65 Å². The second-order valence-corrected chi connectivity index (χ2v) is 7.38. The summed E-state index contributed by atoms with van der Waals surface area (Å²) in [5.41, 5.74) is 2.05. The maximum atomic E-state index is 13.3. The molecule has 1 amide bonds. The topological polar surface area (TPSA) is 112 Å². The van der Waals surface area contributed by atoms with Crippen LogP contribution < -0.4 is 11.0 Å². The number of fused-ring (bicyclic) bond motifs is 3. The lowest BCUT2D eigenvalue weighted by molar-refractivity contribution is -0.117. The van der Waals surface area contributed by atoms with Gasteiger partial charge >= 0.3 is 11.7 Å². The van der Waals surface area contributed by atoms with Gasteiger partial charge in [0, 0.05) is 18.0 Å². The number of nitrogens with one attached hydrogen (secondary N) is 1. The van der Waals surface area contributed by atoms with Crippen LogP contribution in [0.3, 0.4) is 0 Å². The standard InChI is InChI=1S/C23H17FN6O4/c1-34-22(32)16-4-2-3-5-17(16)25-20(31)13-30-23(33)28-10-11-29-19(21(28)27-30)12-18(26-29)14-6-8-15(24)9-7-14/h2-12H,13H2,1H3,(H,25,31). The minimum atomic E-state index is -0.596. The van der Waals surface area contributed by atoms with Crippen LogP contribution >= 0.6 is 0 Å². The highest BCUT2D eigenvalue weighted by molar-refractivity contribution is 6.01. The summed E-state index contributed by atoms with van der Waals surface area (Å²) in [6.45, 7) is -0.374. The van der Waals surface area contributed by atoms with Crippen molar-refractivity contribution in [2.24, 2.45) is 0 Å². The van der Waals surface area contributed by atoms with E-state index < -0.39 is 17.6 Å². The van der Waals surface area contributed by atoms with Gasteiger partial charge in [-0.25, -0.2) is 27.6 Å². The van der Waals surface area contributed by atoms with Gasteiger partial charge in [-0.2, -0.15) is 5.10 Å². The van der Waals surface area contributed by atoms with Crippen molar-refractivity contribution >= 4 is 28.7 Å². The van der Waals surface area contributed by atoms with Gasteiger partial charge in [-0.3, -0.25) is 4.79 Å². The zero-order valence-corrected chi connectivity index (χ0v) is 17.8. The lowest BCUT2D eigenvalue weighted by Gasteiger charge is -2.09. The van der Waals surface area contributed by atoms with E-state index in [0.717, 1.165) is 4.68 Å². The van der Waals surface area contributed by atoms with Gasteiger partial charge in [-0.05, 0) is 42.5 Å². The third-order valence-electron chi connectivity index (χ3n) is 5.23. The third-order valence-corrected chi connectivity index (χ3v) is 5.23. The molecule has 0 aliphatic heterocycles. The fourth-order valence-electron chi connectivity index (χ4n) is 3.60. The molecule has 0 unspecified atom stereocenters. The molecule has 0 aliphatic rings. The zero-order valence-electron chi connectivity index (χ0n) is 17.8. The molecule has 0 atom stereocenters. The van der Waals surface area contributed by atoms with Gasteiger partial charge in [-0.15, -0.1) is 5.10 Å². The van der Waals surface area contributed by atoms with E-state index in [1.807, 2.05) is 0 Å². The van der Waals surface area contributed by atoms with Crippen LogP contribution in [0.1, 0.15) is 10.4 Å². The molecule has 0 spiro atoms. The zero-order chi connectivity index (χ0) is 23.8. The Morgan fingerprint density at radius 2 is 1.82 bits per heavy atom. The molecule has 11 heteroatoms. The van der Waals surface area contributed by atoms with Crippen LogP contribution in [0.25, 0.3) is 22.4 Å². The van der Waals surface area contributed by atoms with Gasteiger partial charge in [0.1, 0.15) is 17.9 Å². The van der Waals surface area contributed by atoms with Crippen molar-refractivity contribution in [3.63, 3.8) is 0 Å². The Kier molecular flexibility index (Phi) is 5.13. The van der Waals surface area contributed by atoms with Crippen molar-refractivity contribution < 1.29 is 18.7 Å². The van der Waals surface area contributed by atoms with E-state index in [1.54, 1.807) is 47.1 Å². The molecule has 5 rings (SSSR count). The fourth-order valence-corrected chi connectivity index (χ4v) is 3.60. The monoisotopic (exact) mass is 460 g/mol. The maximum Gasteiger partial charge on any atom is 0.350 e. The number of amides is 1. The molecule has 170 valence electrons. The van der Waals surface area contributed by atoms with Gasteiger partial charge in [0.25, 0.3) is 0 Å². The molecule has 0 fully saturated rings. The van der Waals surface area contributed by atoms with Crippen molar-refractivity contribution in [2.75, 3.05) is 12.4 Å². The summed E-state index contributed by atoms with van der Waals surface area (Å²) in [7, 11) is 1.25. The fraction of sp³-hybridized carbons (Fsp3) is 0.0870. The number of aromatic nitrogens is 5. The molecule has 5 aromatic rings. The van der Waals surface area contributed by atoms with Crippen molar-refractivity contribution in [1.29, 1.82) is 0 Å². The molecule has 0 bridgehead atoms. The third kappa shape index (κ3) is 3.68. The predicted octanol–water partition coefficient (Wildman–Crippen LogP) is 2.38. The van der Waals surface area contributed by atoms with E-state index in [2.05, 4.69) is 15.5 Å². The van der Waals surface area contributed by atoms with Crippen LogP contribution in [0.4, 0.5) is 10.1 Å². The normalized spacial score (nSPS) is 11.1. The summed E-state index contributed by atoms with van der Waals surface area (Å²) in [5, 5.41) is 11.4. The van der Waals surface area contributed by atoms with Crippen molar-refractivity contribution in [1.82, 2.24) is 23.8 Å². The Hall–Kier alpha value is -4.80. The smallest absolute Gasteiger partial charge is 0.350 e. The number of hydrogen-bond donors (Lipinski definition) is 1. The van der Waals surface area contributed by atoms with Crippen LogP contribution in [-0.2, 0) is 16.1 Å². The van der Waals surface area contributed by atoms with Gasteiger partial charge in [0.2, 0.25) is 5.91 Å². The highest BCUT2D eigenvalue weighted by Crippen LogP contribution is 2.21. The molecule has 3 aromatic heterocycles. The number of methoxy groups -OCH3 is 1. The molecule has 0 saturated carbocycles. The van der Waals surface area contributed by atoms with Crippen LogP contribution in [-0.4, -0.2) is 42.8 Å². The average Bonchev–Trinajstić information content (AvgIpc) is 3.41. The molecular formula is C23H17FN6O4. The predicted molar refractivity (Wildman–Crippen MR) is 120 cm³/mol. The summed E-state index contributed by atoms with van der Waals surface area (Å²) in [6, 6.07) is 14.0. The SMILES string of the molecule is COC(=O)c1ccccc1NC(=O)Cn1nc2c3cc(-c4ccc(F)cc4)nn3ccn2c1=O. The van der Waals surface area contributed by atoms with E-state index in [1.165, 1.54) is 35.9 Å². The Morgan fingerprint density at radius 3 is 2.59 bits per heavy atom. The molecule has 2 aromatic carbocycles. The number of carbonyl (C=O) groups excluding carboxylic acids is 2. The van der Waals surface area contributed by atoms with E-state index in [9.17, 15) is 18.8 Å². The summed E-state index contributed by atoms with van der Waals surface area (Å²) in [6.07, 6.45) is 3.09. The number of anilines is 1. The van der Waals surface area contributed by atoms with Crippen LogP contribution in [0.5, 0.6) is 0 Å². The Morgan fingerprint density at radius 1 is 1.06 bits per heavy atom. The average molecular weight is 460 g/mol. The lowest BCUT2D eigenvalue weighted by Crippen LogP contribution is -2.28. The molecule has 3 heterocycles. The number of nitrogens with zero attached hydrogens (tertiary/aromatic N) is 5. The van der Waals surface area contributed by atoms with Crippen molar-refractivity contribution in [2.45, 2.75) is 6.54 Å². The number of halogens is 1. The quantitative estimate of drug-likeness (QED) is 0.403. The number of hydrogen-bond acceptors (Lipinski definition) is 6. The largest absolute Gasteiger partial charge is 0.465 e. The van der Waals surface area contributed by atoms with Crippen LogP contribution in [0.15, 0.2) is 71.8 Å². The minimum Gasteiger partial charge on any atom is -0.465 e. The van der Waals surface area contributed by atoms with Gasteiger partial charge < -0.3 is 10.1 Å². The highest BCUT2D eigenvalue weighted by atomic mass is 19.1. The number of benzene rings is 2. The van der Waals surface area contributed by atoms with Gasteiger partial charge in [-0.1, -0.05) is 12.1 Å². The molecule has 1 N–H and O–H groups in total. The van der Waals surface area contributed by atoms with Crippen molar-refractivity contribution in [3.8, 4) is 11.3 Å². The first-order valence-electron chi connectivity index (χ1n) is 10.2. The van der Waals surface area contributed by atoms with E-state index in [0.29, 0.717) is 22.4 Å². The molecule has 0 radical (unpaired) electrons. The summed E-state index contributed by atoms with van der Waals surface area (Å²) in [5.74, 6) is -1.49. The van der Waals surface area contributed by atoms with E-state index in [4.69, 9.17) is 4.74 Å². The van der Waals surface area contributed by atoms with Crippen LogP contribution in [0, 0.1) is 5.82 Å². The Balaban J connectivity index is 1.47. The first-order chi connectivity index (χ1) is 16.4. The molecule has 0 aliphatic carbocycles. The first-order valence-corrected chi connectivity index (χ1v) is 10.2. The number of para-hydroxylation sites is 1. The molecule has 0 saturated heterocycles. The lowest BCUT2D eigenvalue weighted by atomic mass is 10.1. The summed E-state index contributed by atoms with van der Waals surface area (Å²) < 4.78 is 21.9. The van der Waals surface area contributed by atoms with Crippen molar-refractivity contribution in [3.05, 3.63) is 88.9 Å². The summed E-state index contributed by atoms with van der Waals surface area (Å²) in [4.78, 5) is 37.4. The maximum absolute atomic E-state index is 13.3. The minimum absolute atomic E-state index is 0.190. The van der Waals surface area contributed by atoms with Crippen LogP contribution in [0.2, 0.25) is 0 Å². The Bertz CT molecular complexity index is 1620. The molecule has 34 heavy (non-hydrogen) atoms. The van der Waals surface area contributed by atoms with E-state index >= 15 is 0 Å². The highest BCUT2D eigenvalue weighted by Gasteiger charge is 2.17. The second-order valence-electron chi connectivity index (χ2n) is 7.38. The number of ether oxygens (including phenoxy) is 1. The van der Waals surface area contributed by atoms with E-state index in [-0.39, 0.29) is 23.6 Å². The first kappa shape index (κ1) is 21.1. The van der Waals surface area contributed by atoms with Gasteiger partial charge in [0.05, 0.1) is 24.1 Å². The Labute approximate surface area is 190 Å². The molecular weight excluding hydrogens is 443 g/mol.